The number of pyridine rings is 1. The zero-order valence-electron chi connectivity index (χ0n) is 10.5. The van der Waals surface area contributed by atoms with Crippen molar-refractivity contribution in [2.75, 3.05) is 19.8 Å². The van der Waals surface area contributed by atoms with Crippen molar-refractivity contribution in [2.45, 2.75) is 19.3 Å². The molecule has 0 spiro atoms. The van der Waals surface area contributed by atoms with Gasteiger partial charge in [0.2, 0.25) is 0 Å². The molecule has 104 valence electrons. The van der Waals surface area contributed by atoms with Gasteiger partial charge < -0.3 is 10.1 Å². The first kappa shape index (κ1) is 14.6. The number of aromatic nitrogens is 1. The molecule has 1 heterocycles. The number of hydrogen-bond acceptors (Lipinski definition) is 3. The van der Waals surface area contributed by atoms with Gasteiger partial charge in [-0.15, -0.1) is 0 Å². The van der Waals surface area contributed by atoms with Gasteiger partial charge in [0.05, 0.1) is 10.6 Å². The van der Waals surface area contributed by atoms with Crippen LogP contribution >= 0.6 is 23.2 Å². The fourth-order valence-corrected chi connectivity index (χ4v) is 1.83. The number of nitrogens with zero attached hydrogens (tertiary/aromatic N) is 1. The van der Waals surface area contributed by atoms with E-state index in [1.54, 1.807) is 0 Å². The van der Waals surface area contributed by atoms with Crippen LogP contribution in [0.1, 0.15) is 29.6 Å². The van der Waals surface area contributed by atoms with Gasteiger partial charge in [-0.1, -0.05) is 23.2 Å². The molecule has 0 atom stereocenters. The lowest BCUT2D eigenvalue weighted by atomic mass is 10.2. The highest BCUT2D eigenvalue weighted by molar-refractivity contribution is 6.41. The van der Waals surface area contributed by atoms with Crippen LogP contribution in [-0.2, 0) is 4.74 Å². The molecule has 0 aromatic carbocycles. The monoisotopic (exact) mass is 302 g/mol. The highest BCUT2D eigenvalue weighted by Gasteiger charge is 2.20. The van der Waals surface area contributed by atoms with Crippen molar-refractivity contribution in [1.29, 1.82) is 0 Å². The smallest absolute Gasteiger partial charge is 0.252 e. The molecule has 0 radical (unpaired) electrons. The number of hydrogen-bond donors (Lipinski definition) is 1. The van der Waals surface area contributed by atoms with E-state index in [0.29, 0.717) is 18.7 Å². The Morgan fingerprint density at radius 1 is 1.47 bits per heavy atom. The Hall–Kier alpha value is -0.840. The summed E-state index contributed by atoms with van der Waals surface area (Å²) in [5, 5.41) is 3.27. The minimum Gasteiger partial charge on any atom is -0.381 e. The normalized spacial score (nSPS) is 14.4. The summed E-state index contributed by atoms with van der Waals surface area (Å²) >= 11 is 11.5. The number of nitrogens with one attached hydrogen (secondary N) is 1. The van der Waals surface area contributed by atoms with Gasteiger partial charge in [0.1, 0.15) is 5.15 Å². The lowest BCUT2D eigenvalue weighted by Gasteiger charge is -2.06. The maximum atomic E-state index is 11.8. The summed E-state index contributed by atoms with van der Waals surface area (Å²) < 4.78 is 5.48. The molecule has 4 nitrogen and oxygen atoms in total. The fraction of sp³-hybridized carbons (Fsp3) is 0.538. The average molecular weight is 303 g/mol. The van der Waals surface area contributed by atoms with E-state index in [-0.39, 0.29) is 16.1 Å². The Morgan fingerprint density at radius 2 is 2.26 bits per heavy atom. The highest BCUT2D eigenvalue weighted by atomic mass is 35.5. The minimum absolute atomic E-state index is 0.201. The maximum absolute atomic E-state index is 11.8. The van der Waals surface area contributed by atoms with Crippen LogP contribution in [0.4, 0.5) is 0 Å². The van der Waals surface area contributed by atoms with E-state index in [4.69, 9.17) is 27.9 Å². The molecule has 0 aliphatic heterocycles. The highest BCUT2D eigenvalue weighted by Crippen LogP contribution is 2.28. The molecular formula is C13H16Cl2N2O2. The molecule has 1 amide bonds. The molecule has 0 bridgehead atoms. The van der Waals surface area contributed by atoms with Gasteiger partial charge in [-0.25, -0.2) is 4.98 Å². The Kier molecular flexibility index (Phi) is 5.43. The van der Waals surface area contributed by atoms with Gasteiger partial charge in [-0.3, -0.25) is 4.79 Å². The number of amides is 1. The van der Waals surface area contributed by atoms with Crippen LogP contribution in [0.15, 0.2) is 12.3 Å². The zero-order chi connectivity index (χ0) is 13.7. The molecule has 19 heavy (non-hydrogen) atoms. The van der Waals surface area contributed by atoms with Crippen molar-refractivity contribution in [1.82, 2.24) is 10.3 Å². The Bertz CT molecular complexity index is 450. The second-order valence-electron chi connectivity index (χ2n) is 4.62. The molecular weight excluding hydrogens is 287 g/mol. The molecule has 6 heteroatoms. The zero-order valence-corrected chi connectivity index (χ0v) is 12.0. The summed E-state index contributed by atoms with van der Waals surface area (Å²) in [6.07, 6.45) is 4.79. The first-order valence-electron chi connectivity index (χ1n) is 6.34. The minimum atomic E-state index is -0.201. The van der Waals surface area contributed by atoms with E-state index in [0.717, 1.165) is 18.9 Å². The topological polar surface area (TPSA) is 51.2 Å². The summed E-state index contributed by atoms with van der Waals surface area (Å²) in [7, 11) is 0. The van der Waals surface area contributed by atoms with Crippen LogP contribution in [0.25, 0.3) is 0 Å². The van der Waals surface area contributed by atoms with Crippen molar-refractivity contribution in [2.24, 2.45) is 5.92 Å². The van der Waals surface area contributed by atoms with E-state index in [1.165, 1.54) is 25.1 Å². The third kappa shape index (κ3) is 4.97. The van der Waals surface area contributed by atoms with E-state index in [1.807, 2.05) is 0 Å². The first-order chi connectivity index (χ1) is 9.16. The average Bonchev–Trinajstić information content (AvgIpc) is 3.20. The Labute approximate surface area is 122 Å². The van der Waals surface area contributed by atoms with E-state index in [2.05, 4.69) is 10.3 Å². The van der Waals surface area contributed by atoms with E-state index < -0.39 is 0 Å². The van der Waals surface area contributed by atoms with Crippen molar-refractivity contribution in [3.8, 4) is 0 Å². The van der Waals surface area contributed by atoms with Crippen LogP contribution in [-0.4, -0.2) is 30.6 Å². The Balaban J connectivity index is 1.63. The number of carbonyl (C=O) groups excluding carboxylic acids is 1. The van der Waals surface area contributed by atoms with Crippen LogP contribution < -0.4 is 5.32 Å². The molecule has 0 unspecified atom stereocenters. The van der Waals surface area contributed by atoms with Crippen LogP contribution in [0.5, 0.6) is 0 Å². The van der Waals surface area contributed by atoms with Crippen molar-refractivity contribution < 1.29 is 9.53 Å². The second-order valence-corrected chi connectivity index (χ2v) is 5.39. The van der Waals surface area contributed by atoms with Crippen LogP contribution in [0, 0.1) is 5.92 Å². The van der Waals surface area contributed by atoms with Crippen molar-refractivity contribution >= 4 is 29.1 Å². The summed E-state index contributed by atoms with van der Waals surface area (Å²) in [6.45, 7) is 2.10. The molecule has 0 saturated heterocycles. The van der Waals surface area contributed by atoms with Gasteiger partial charge in [-0.2, -0.15) is 0 Å². The third-order valence-corrected chi connectivity index (χ3v) is 3.55. The quantitative estimate of drug-likeness (QED) is 0.622. The standard InChI is InChI=1S/C13H16Cl2N2O2/c14-11-6-10(7-17-12(11)15)13(18)16-4-1-5-19-8-9-2-3-9/h6-7,9H,1-5,8H2,(H,16,18). The largest absolute Gasteiger partial charge is 0.381 e. The molecule has 1 N–H and O–H groups in total. The molecule has 1 aliphatic carbocycles. The lowest BCUT2D eigenvalue weighted by molar-refractivity contribution is 0.0937. The summed E-state index contributed by atoms with van der Waals surface area (Å²) in [5.74, 6) is 0.574. The van der Waals surface area contributed by atoms with Gasteiger partial charge in [0, 0.05) is 26.0 Å². The first-order valence-corrected chi connectivity index (χ1v) is 7.09. The van der Waals surface area contributed by atoms with Crippen LogP contribution in [0.2, 0.25) is 10.2 Å². The Morgan fingerprint density at radius 3 is 2.95 bits per heavy atom. The third-order valence-electron chi connectivity index (χ3n) is 2.86. The molecule has 1 fully saturated rings. The number of halogens is 2. The molecule has 1 aliphatic rings. The summed E-state index contributed by atoms with van der Waals surface area (Å²) in [4.78, 5) is 15.6. The predicted molar refractivity (Wildman–Crippen MR) is 74.8 cm³/mol. The van der Waals surface area contributed by atoms with Gasteiger partial charge in [0.25, 0.3) is 5.91 Å². The van der Waals surface area contributed by atoms with Gasteiger partial charge in [-0.05, 0) is 31.2 Å². The molecule has 2 rings (SSSR count). The molecule has 1 aromatic heterocycles. The predicted octanol–water partition coefficient (Wildman–Crippen LogP) is 2.93. The van der Waals surface area contributed by atoms with Crippen molar-refractivity contribution in [3.05, 3.63) is 28.0 Å². The molecule has 1 aromatic rings. The number of rotatable bonds is 7. The van der Waals surface area contributed by atoms with E-state index >= 15 is 0 Å². The number of carbonyl (C=O) groups is 1. The molecule has 1 saturated carbocycles. The second kappa shape index (κ2) is 7.08. The SMILES string of the molecule is O=C(NCCCOCC1CC1)c1cnc(Cl)c(Cl)c1. The summed E-state index contributed by atoms with van der Waals surface area (Å²) in [6, 6.07) is 1.51. The van der Waals surface area contributed by atoms with E-state index in [9.17, 15) is 4.79 Å². The lowest BCUT2D eigenvalue weighted by Crippen LogP contribution is -2.25. The van der Waals surface area contributed by atoms with Crippen LogP contribution in [0.3, 0.4) is 0 Å². The summed E-state index contributed by atoms with van der Waals surface area (Å²) in [5.41, 5.74) is 0.410. The van der Waals surface area contributed by atoms with Crippen molar-refractivity contribution in [3.63, 3.8) is 0 Å². The van der Waals surface area contributed by atoms with Gasteiger partial charge in [0.15, 0.2) is 0 Å². The fourth-order valence-electron chi connectivity index (χ4n) is 1.56. The number of ether oxygens (including phenoxy) is 1. The maximum Gasteiger partial charge on any atom is 0.252 e. The van der Waals surface area contributed by atoms with Gasteiger partial charge >= 0.3 is 0 Å².